The SMILES string of the molecule is CN=C(CC(C)(C)C)N1c2ccc(Cl)cc2[C@@H](c2cccc(OC)c2OC)O[C@H](CCOC)C1(C)C. The Labute approximate surface area is 221 Å². The molecule has 0 fully saturated rings. The van der Waals surface area contributed by atoms with Gasteiger partial charge in [-0.05, 0) is 49.9 Å². The number of aliphatic imine (C=N–C) groups is 1. The molecule has 0 amide bonds. The lowest BCUT2D eigenvalue weighted by atomic mass is 9.87. The molecule has 3 rings (SSSR count). The summed E-state index contributed by atoms with van der Waals surface area (Å²) in [6, 6.07) is 11.9. The molecule has 0 saturated heterocycles. The van der Waals surface area contributed by atoms with Gasteiger partial charge in [-0.15, -0.1) is 0 Å². The number of hydrogen-bond donors (Lipinski definition) is 0. The third-order valence-electron chi connectivity index (χ3n) is 6.68. The second-order valence-corrected chi connectivity index (χ2v) is 11.4. The number of anilines is 1. The van der Waals surface area contributed by atoms with Crippen LogP contribution in [0.15, 0.2) is 41.4 Å². The molecule has 1 aliphatic rings. The van der Waals surface area contributed by atoms with E-state index in [-0.39, 0.29) is 11.5 Å². The van der Waals surface area contributed by atoms with Crippen LogP contribution in [0.4, 0.5) is 5.69 Å². The molecule has 0 aromatic heterocycles. The predicted molar refractivity (Wildman–Crippen MR) is 148 cm³/mol. The smallest absolute Gasteiger partial charge is 0.166 e. The zero-order valence-corrected chi connectivity index (χ0v) is 23.9. The lowest BCUT2D eigenvalue weighted by Crippen LogP contribution is -2.56. The van der Waals surface area contributed by atoms with Gasteiger partial charge in [0, 0.05) is 49.0 Å². The van der Waals surface area contributed by atoms with Crippen molar-refractivity contribution in [2.24, 2.45) is 10.4 Å². The molecule has 0 unspecified atom stereocenters. The molecule has 0 N–H and O–H groups in total. The molecule has 2 aromatic rings. The van der Waals surface area contributed by atoms with Crippen LogP contribution in [0.2, 0.25) is 5.02 Å². The van der Waals surface area contributed by atoms with Crippen molar-refractivity contribution in [3.63, 3.8) is 0 Å². The molecule has 0 saturated carbocycles. The van der Waals surface area contributed by atoms with Gasteiger partial charge in [0.2, 0.25) is 0 Å². The van der Waals surface area contributed by atoms with Crippen molar-refractivity contribution in [2.75, 3.05) is 39.9 Å². The molecule has 1 aliphatic heterocycles. The van der Waals surface area contributed by atoms with Crippen molar-refractivity contribution in [3.05, 3.63) is 52.5 Å². The molecule has 7 heteroatoms. The highest BCUT2D eigenvalue weighted by Crippen LogP contribution is 2.48. The number of nitrogens with zero attached hydrogens (tertiary/aromatic N) is 2. The Balaban J connectivity index is 2.33. The van der Waals surface area contributed by atoms with Gasteiger partial charge in [-0.2, -0.15) is 0 Å². The molecule has 2 atom stereocenters. The van der Waals surface area contributed by atoms with Crippen LogP contribution in [-0.2, 0) is 9.47 Å². The van der Waals surface area contributed by atoms with Crippen LogP contribution < -0.4 is 14.4 Å². The van der Waals surface area contributed by atoms with E-state index in [1.54, 1.807) is 21.3 Å². The van der Waals surface area contributed by atoms with Gasteiger partial charge >= 0.3 is 0 Å². The summed E-state index contributed by atoms with van der Waals surface area (Å²) in [4.78, 5) is 7.15. The van der Waals surface area contributed by atoms with Gasteiger partial charge in [0.1, 0.15) is 11.9 Å². The van der Waals surface area contributed by atoms with Gasteiger partial charge in [0.05, 0.1) is 25.9 Å². The number of amidine groups is 1. The van der Waals surface area contributed by atoms with E-state index < -0.39 is 11.6 Å². The first kappa shape index (κ1) is 28.3. The number of ether oxygens (including phenoxy) is 4. The number of methoxy groups -OCH3 is 3. The summed E-state index contributed by atoms with van der Waals surface area (Å²) >= 11 is 6.59. The van der Waals surface area contributed by atoms with Crippen LogP contribution in [0.3, 0.4) is 0 Å². The van der Waals surface area contributed by atoms with Crippen LogP contribution in [0.25, 0.3) is 0 Å². The molecule has 198 valence electrons. The summed E-state index contributed by atoms with van der Waals surface area (Å²) in [6.07, 6.45) is 0.875. The van der Waals surface area contributed by atoms with Gasteiger partial charge in [0.15, 0.2) is 11.5 Å². The van der Waals surface area contributed by atoms with Crippen molar-refractivity contribution in [2.45, 2.75) is 65.2 Å². The van der Waals surface area contributed by atoms with Crippen molar-refractivity contribution in [1.29, 1.82) is 0 Å². The third-order valence-corrected chi connectivity index (χ3v) is 6.92. The van der Waals surface area contributed by atoms with Crippen LogP contribution in [0.5, 0.6) is 11.5 Å². The monoisotopic (exact) mass is 516 g/mol. The van der Waals surface area contributed by atoms with Gasteiger partial charge in [-0.25, -0.2) is 0 Å². The highest BCUT2D eigenvalue weighted by Gasteiger charge is 2.45. The van der Waals surface area contributed by atoms with E-state index in [9.17, 15) is 0 Å². The molecule has 2 aromatic carbocycles. The zero-order chi connectivity index (χ0) is 26.7. The molecular formula is C29H41ClN2O4. The molecule has 0 aliphatic carbocycles. The zero-order valence-electron chi connectivity index (χ0n) is 23.1. The standard InChI is InChI=1S/C29H41ClN2O4/c1-28(2,3)18-25(31-6)32-22-14-13-19(30)17-21(22)26(36-24(15-16-33-7)29(32,4)5)20-11-10-12-23(34-8)27(20)35-9/h10-14,17,24,26H,15-16,18H2,1-9H3/t24-,26-/m1/s1. The van der Waals surface area contributed by atoms with E-state index in [0.717, 1.165) is 29.1 Å². The van der Waals surface area contributed by atoms with Gasteiger partial charge < -0.3 is 23.8 Å². The van der Waals surface area contributed by atoms with E-state index in [1.807, 2.05) is 37.4 Å². The number of fused-ring (bicyclic) bond motifs is 1. The fourth-order valence-electron chi connectivity index (χ4n) is 5.01. The topological polar surface area (TPSA) is 52.5 Å². The first-order valence-electron chi connectivity index (χ1n) is 12.4. The van der Waals surface area contributed by atoms with Crippen LogP contribution >= 0.6 is 11.6 Å². The van der Waals surface area contributed by atoms with Gasteiger partial charge in [-0.3, -0.25) is 4.99 Å². The van der Waals surface area contributed by atoms with Crippen molar-refractivity contribution in [3.8, 4) is 11.5 Å². The third kappa shape index (κ3) is 5.82. The summed E-state index contributed by atoms with van der Waals surface area (Å²) in [7, 11) is 6.88. The Morgan fingerprint density at radius 1 is 1.08 bits per heavy atom. The molecule has 0 radical (unpaired) electrons. The van der Waals surface area contributed by atoms with E-state index in [0.29, 0.717) is 29.5 Å². The number of hydrogen-bond acceptors (Lipinski definition) is 5. The van der Waals surface area contributed by atoms with Gasteiger partial charge in [0.25, 0.3) is 0 Å². The van der Waals surface area contributed by atoms with E-state index in [2.05, 4.69) is 45.6 Å². The lowest BCUT2D eigenvalue weighted by molar-refractivity contribution is -0.0372. The Morgan fingerprint density at radius 3 is 2.39 bits per heavy atom. The molecule has 1 heterocycles. The quantitative estimate of drug-likeness (QED) is 0.295. The number of benzene rings is 2. The number of para-hydroxylation sites is 1. The molecule has 6 nitrogen and oxygen atoms in total. The molecule has 0 bridgehead atoms. The van der Waals surface area contributed by atoms with Crippen molar-refractivity contribution in [1.82, 2.24) is 0 Å². The molecule has 36 heavy (non-hydrogen) atoms. The fourth-order valence-corrected chi connectivity index (χ4v) is 5.19. The van der Waals surface area contributed by atoms with Crippen LogP contribution in [0, 0.1) is 5.41 Å². The number of halogens is 1. The van der Waals surface area contributed by atoms with E-state index >= 15 is 0 Å². The maximum absolute atomic E-state index is 7.02. The minimum absolute atomic E-state index is 0.0438. The summed E-state index contributed by atoms with van der Waals surface area (Å²) in [5, 5.41) is 0.642. The van der Waals surface area contributed by atoms with Crippen LogP contribution in [-0.4, -0.2) is 52.5 Å². The first-order chi connectivity index (χ1) is 17.0. The first-order valence-corrected chi connectivity index (χ1v) is 12.8. The normalized spacial score (nSPS) is 20.1. The number of rotatable bonds is 7. The summed E-state index contributed by atoms with van der Waals surface area (Å²) in [6.45, 7) is 11.7. The fraction of sp³-hybridized carbons (Fsp3) is 0.552. The van der Waals surface area contributed by atoms with Crippen molar-refractivity contribution < 1.29 is 18.9 Å². The molecule has 0 spiro atoms. The van der Waals surface area contributed by atoms with Crippen LogP contribution in [0.1, 0.15) is 64.7 Å². The lowest BCUT2D eigenvalue weighted by Gasteiger charge is -2.45. The predicted octanol–water partition coefficient (Wildman–Crippen LogP) is 6.93. The van der Waals surface area contributed by atoms with Gasteiger partial charge in [-0.1, -0.05) is 44.5 Å². The Bertz CT molecular complexity index is 1080. The highest BCUT2D eigenvalue weighted by atomic mass is 35.5. The summed E-state index contributed by atoms with van der Waals surface area (Å²) < 4.78 is 24.0. The van der Waals surface area contributed by atoms with Crippen molar-refractivity contribution >= 4 is 23.1 Å². The summed E-state index contributed by atoms with van der Waals surface area (Å²) in [5.41, 5.74) is 2.46. The highest BCUT2D eigenvalue weighted by molar-refractivity contribution is 6.30. The second kappa shape index (κ2) is 11.4. The molecular weight excluding hydrogens is 476 g/mol. The maximum atomic E-state index is 7.02. The Morgan fingerprint density at radius 2 is 1.81 bits per heavy atom. The van der Waals surface area contributed by atoms with E-state index in [1.165, 1.54) is 0 Å². The minimum Gasteiger partial charge on any atom is -0.493 e. The average Bonchev–Trinajstić information content (AvgIpc) is 2.91. The maximum Gasteiger partial charge on any atom is 0.166 e. The average molecular weight is 517 g/mol. The minimum atomic E-state index is -0.442. The Kier molecular flexibility index (Phi) is 8.97. The summed E-state index contributed by atoms with van der Waals surface area (Å²) in [5.74, 6) is 2.30. The largest absolute Gasteiger partial charge is 0.493 e. The van der Waals surface area contributed by atoms with E-state index in [4.69, 9.17) is 35.5 Å². The Hall–Kier alpha value is -2.28. The second-order valence-electron chi connectivity index (χ2n) is 10.9.